The monoisotopic (exact) mass is 225 g/mol. The third kappa shape index (κ3) is 2.23. The van der Waals surface area contributed by atoms with Crippen LogP contribution in [0.15, 0.2) is 18.2 Å². The zero-order chi connectivity index (χ0) is 11.1. The van der Waals surface area contributed by atoms with Crippen molar-refractivity contribution in [1.82, 2.24) is 0 Å². The minimum Gasteiger partial charge on any atom is -0.478 e. The third-order valence-electron chi connectivity index (χ3n) is 2.65. The van der Waals surface area contributed by atoms with Gasteiger partial charge in [-0.25, -0.2) is 4.79 Å². The summed E-state index contributed by atoms with van der Waals surface area (Å²) in [6, 6.07) is 4.75. The molecule has 0 spiro atoms. The molecule has 0 bridgehead atoms. The molecule has 1 fully saturated rings. The molecule has 0 amide bonds. The number of carbonyl (C=O) groups is 1. The van der Waals surface area contributed by atoms with Crippen molar-refractivity contribution in [2.24, 2.45) is 0 Å². The fraction of sp³-hybridized carbons (Fsp3) is 0.364. The normalized spacial score (nSPS) is 17.2. The Balaban J connectivity index is 2.22. The molecule has 1 aliphatic carbocycles. The number of anilines is 1. The average molecular weight is 226 g/mol. The predicted octanol–water partition coefficient (Wildman–Crippen LogP) is 3.00. The first-order valence-corrected chi connectivity index (χ1v) is 5.19. The van der Waals surface area contributed by atoms with E-state index in [2.05, 4.69) is 12.2 Å². The Morgan fingerprint density at radius 1 is 1.53 bits per heavy atom. The lowest BCUT2D eigenvalue weighted by molar-refractivity contribution is 0.0697. The topological polar surface area (TPSA) is 49.3 Å². The van der Waals surface area contributed by atoms with Crippen LogP contribution in [0.2, 0.25) is 5.02 Å². The molecule has 0 aromatic heterocycles. The molecule has 4 heteroatoms. The van der Waals surface area contributed by atoms with Gasteiger partial charge in [0.2, 0.25) is 0 Å². The van der Waals surface area contributed by atoms with Crippen molar-refractivity contribution in [2.75, 3.05) is 5.32 Å². The maximum Gasteiger partial charge on any atom is 0.335 e. The van der Waals surface area contributed by atoms with Gasteiger partial charge in [-0.3, -0.25) is 0 Å². The lowest BCUT2D eigenvalue weighted by Gasteiger charge is -2.14. The van der Waals surface area contributed by atoms with E-state index in [9.17, 15) is 4.79 Å². The fourth-order valence-electron chi connectivity index (χ4n) is 1.39. The Kier molecular flexibility index (Phi) is 2.35. The molecule has 0 atom stereocenters. The van der Waals surface area contributed by atoms with Gasteiger partial charge < -0.3 is 10.4 Å². The van der Waals surface area contributed by atoms with Crippen molar-refractivity contribution in [3.63, 3.8) is 0 Å². The highest BCUT2D eigenvalue weighted by Crippen LogP contribution is 2.39. The van der Waals surface area contributed by atoms with Gasteiger partial charge >= 0.3 is 5.97 Å². The van der Waals surface area contributed by atoms with E-state index < -0.39 is 5.97 Å². The maximum atomic E-state index is 10.7. The Bertz CT molecular complexity index is 413. The Hall–Kier alpha value is -1.22. The zero-order valence-corrected chi connectivity index (χ0v) is 9.14. The van der Waals surface area contributed by atoms with Gasteiger partial charge in [-0.2, -0.15) is 0 Å². The Morgan fingerprint density at radius 3 is 2.67 bits per heavy atom. The molecule has 0 unspecified atom stereocenters. The lowest BCUT2D eigenvalue weighted by atomic mass is 10.2. The molecule has 80 valence electrons. The number of halogens is 1. The summed E-state index contributed by atoms with van der Waals surface area (Å²) in [5.74, 6) is -0.957. The minimum absolute atomic E-state index is 0.147. The fourth-order valence-corrected chi connectivity index (χ4v) is 1.61. The summed E-state index contributed by atoms with van der Waals surface area (Å²) in [5.41, 5.74) is 1.17. The second-order valence-corrected chi connectivity index (χ2v) is 4.59. The van der Waals surface area contributed by atoms with E-state index in [4.69, 9.17) is 16.7 Å². The van der Waals surface area contributed by atoms with Crippen molar-refractivity contribution in [3.05, 3.63) is 28.8 Å². The van der Waals surface area contributed by atoms with Crippen LogP contribution in [0.5, 0.6) is 0 Å². The Morgan fingerprint density at radius 2 is 2.20 bits per heavy atom. The second kappa shape index (κ2) is 3.42. The number of aromatic carboxylic acids is 1. The number of nitrogens with one attached hydrogen (secondary N) is 1. The van der Waals surface area contributed by atoms with Crippen molar-refractivity contribution < 1.29 is 9.90 Å². The van der Waals surface area contributed by atoms with Crippen molar-refractivity contribution in [1.29, 1.82) is 0 Å². The van der Waals surface area contributed by atoms with Gasteiger partial charge in [0.15, 0.2) is 0 Å². The van der Waals surface area contributed by atoms with Crippen LogP contribution in [-0.4, -0.2) is 16.6 Å². The van der Waals surface area contributed by atoms with Crippen molar-refractivity contribution in [2.45, 2.75) is 25.3 Å². The summed E-state index contributed by atoms with van der Waals surface area (Å²) in [5, 5.41) is 12.5. The third-order valence-corrected chi connectivity index (χ3v) is 2.97. The minimum atomic E-state index is -0.957. The second-order valence-electron chi connectivity index (χ2n) is 4.19. The van der Waals surface area contributed by atoms with Crippen LogP contribution < -0.4 is 5.32 Å². The number of hydrogen-bond donors (Lipinski definition) is 2. The van der Waals surface area contributed by atoms with E-state index in [0.29, 0.717) is 5.02 Å². The summed E-state index contributed by atoms with van der Waals surface area (Å²) < 4.78 is 0. The number of hydrogen-bond acceptors (Lipinski definition) is 2. The van der Waals surface area contributed by atoms with Gasteiger partial charge in [-0.15, -0.1) is 0 Å². The maximum absolute atomic E-state index is 10.7. The number of carboxylic acids is 1. The van der Waals surface area contributed by atoms with Gasteiger partial charge in [0.25, 0.3) is 0 Å². The summed E-state index contributed by atoms with van der Waals surface area (Å²) >= 11 is 5.98. The van der Waals surface area contributed by atoms with Gasteiger partial charge in [0.05, 0.1) is 16.3 Å². The van der Waals surface area contributed by atoms with Crippen molar-refractivity contribution >= 4 is 23.3 Å². The molecule has 1 aliphatic rings. The molecule has 2 N–H and O–H groups in total. The molecule has 1 aromatic carbocycles. The van der Waals surface area contributed by atoms with Crippen LogP contribution in [0.3, 0.4) is 0 Å². The molecule has 15 heavy (non-hydrogen) atoms. The summed E-state index contributed by atoms with van der Waals surface area (Å²) in [7, 11) is 0. The molecule has 3 nitrogen and oxygen atoms in total. The molecular formula is C11H12ClNO2. The van der Waals surface area contributed by atoms with Crippen LogP contribution in [0.1, 0.15) is 30.1 Å². The molecule has 1 aromatic rings. The summed E-state index contributed by atoms with van der Waals surface area (Å²) in [6.45, 7) is 2.12. The van der Waals surface area contributed by atoms with Gasteiger partial charge in [-0.05, 0) is 38.0 Å². The molecule has 2 rings (SSSR count). The quantitative estimate of drug-likeness (QED) is 0.832. The van der Waals surface area contributed by atoms with E-state index in [1.165, 1.54) is 6.07 Å². The summed E-state index contributed by atoms with van der Waals surface area (Å²) in [6.07, 6.45) is 2.26. The molecule has 0 heterocycles. The molecule has 1 saturated carbocycles. The van der Waals surface area contributed by atoms with Crippen LogP contribution in [-0.2, 0) is 0 Å². The first-order valence-electron chi connectivity index (χ1n) is 4.81. The largest absolute Gasteiger partial charge is 0.478 e. The van der Waals surface area contributed by atoms with Crippen LogP contribution in [0, 0.1) is 0 Å². The standard InChI is InChI=1S/C11H12ClNO2/c1-11(4-5-11)13-9-3-2-7(10(14)15)6-8(9)12/h2-3,6,13H,4-5H2,1H3,(H,14,15). The number of rotatable bonds is 3. The molecule has 0 saturated heterocycles. The Labute approximate surface area is 93.1 Å². The first kappa shape index (κ1) is 10.3. The van der Waals surface area contributed by atoms with Crippen molar-refractivity contribution in [3.8, 4) is 0 Å². The highest BCUT2D eigenvalue weighted by atomic mass is 35.5. The predicted molar refractivity (Wildman–Crippen MR) is 59.7 cm³/mol. The van der Waals surface area contributed by atoms with Crippen LogP contribution in [0.25, 0.3) is 0 Å². The van der Waals surface area contributed by atoms with Crippen LogP contribution in [0.4, 0.5) is 5.69 Å². The van der Waals surface area contributed by atoms with Gasteiger partial charge in [-0.1, -0.05) is 11.6 Å². The van der Waals surface area contributed by atoms with E-state index in [1.54, 1.807) is 12.1 Å². The van der Waals surface area contributed by atoms with Crippen LogP contribution >= 0.6 is 11.6 Å². The highest BCUT2D eigenvalue weighted by molar-refractivity contribution is 6.33. The first-order chi connectivity index (χ1) is 7.00. The number of carboxylic acid groups (broad SMARTS) is 1. The van der Waals surface area contributed by atoms with Gasteiger partial charge in [0.1, 0.15) is 0 Å². The lowest BCUT2D eigenvalue weighted by Crippen LogP contribution is -2.16. The average Bonchev–Trinajstić information content (AvgIpc) is 2.87. The molecule has 0 aliphatic heterocycles. The van der Waals surface area contributed by atoms with E-state index >= 15 is 0 Å². The molecular weight excluding hydrogens is 214 g/mol. The van der Waals surface area contributed by atoms with E-state index in [1.807, 2.05) is 0 Å². The highest BCUT2D eigenvalue weighted by Gasteiger charge is 2.37. The molecule has 0 radical (unpaired) electrons. The smallest absolute Gasteiger partial charge is 0.335 e. The zero-order valence-electron chi connectivity index (χ0n) is 8.38. The number of benzene rings is 1. The van der Waals surface area contributed by atoms with Gasteiger partial charge in [0, 0.05) is 5.54 Å². The van der Waals surface area contributed by atoms with E-state index in [0.717, 1.165) is 18.5 Å². The summed E-state index contributed by atoms with van der Waals surface area (Å²) in [4.78, 5) is 10.7. The SMILES string of the molecule is CC1(Nc2ccc(C(=O)O)cc2Cl)CC1. The van der Waals surface area contributed by atoms with E-state index in [-0.39, 0.29) is 11.1 Å².